The van der Waals surface area contributed by atoms with E-state index >= 15 is 0 Å². The maximum atomic E-state index is 5.48. The molecule has 2 aromatic carbocycles. The van der Waals surface area contributed by atoms with Crippen molar-refractivity contribution >= 4 is 5.69 Å². The Hall–Kier alpha value is -2.62. The van der Waals surface area contributed by atoms with Crippen molar-refractivity contribution < 1.29 is 14.2 Å². The van der Waals surface area contributed by atoms with E-state index in [9.17, 15) is 0 Å². The van der Waals surface area contributed by atoms with Crippen molar-refractivity contribution in [3.05, 3.63) is 60.7 Å². The minimum atomic E-state index is -0.221. The lowest BCUT2D eigenvalue weighted by Crippen LogP contribution is -2.28. The highest BCUT2D eigenvalue weighted by molar-refractivity contribution is 5.50. The fourth-order valence-corrected chi connectivity index (χ4v) is 2.54. The number of nitrogens with one attached hydrogen (secondary N) is 1. The molecule has 2 aromatic rings. The molecule has 1 N–H and O–H groups in total. The highest BCUT2D eigenvalue weighted by Gasteiger charge is 2.25. The summed E-state index contributed by atoms with van der Waals surface area (Å²) < 4.78 is 16.0. The quantitative estimate of drug-likeness (QED) is 0.819. The minimum absolute atomic E-state index is 0.221. The van der Waals surface area contributed by atoms with Crippen LogP contribution in [-0.2, 0) is 5.41 Å². The van der Waals surface area contributed by atoms with Gasteiger partial charge in [0.25, 0.3) is 0 Å². The molecule has 0 bridgehead atoms. The number of methoxy groups -OCH3 is 1. The van der Waals surface area contributed by atoms with Crippen LogP contribution in [0.4, 0.5) is 5.69 Å². The molecule has 0 saturated heterocycles. The molecule has 1 atom stereocenters. The molecule has 4 nitrogen and oxygen atoms in total. The Morgan fingerprint density at radius 3 is 2.61 bits per heavy atom. The third-order valence-electron chi connectivity index (χ3n) is 4.23. The summed E-state index contributed by atoms with van der Waals surface area (Å²) in [5.41, 5.74) is 1.96. The first kappa shape index (κ1) is 15.3. The molecule has 0 aromatic heterocycles. The van der Waals surface area contributed by atoms with Crippen LogP contribution in [-0.4, -0.2) is 20.4 Å². The standard InChI is InChI=1S/C19H21NO3/c1-4-19(2,12-20-15-6-8-16(21-3)9-7-15)14-5-10-17-18(11-14)23-13-22-17/h4-11,20H,1,12-13H2,2-3H3. The van der Waals surface area contributed by atoms with Crippen LogP contribution in [0.25, 0.3) is 0 Å². The zero-order valence-corrected chi connectivity index (χ0v) is 13.5. The monoisotopic (exact) mass is 311 g/mol. The lowest BCUT2D eigenvalue weighted by atomic mass is 9.82. The smallest absolute Gasteiger partial charge is 0.231 e. The Morgan fingerprint density at radius 1 is 1.17 bits per heavy atom. The third-order valence-corrected chi connectivity index (χ3v) is 4.23. The van der Waals surface area contributed by atoms with Crippen LogP contribution in [0.5, 0.6) is 17.2 Å². The Bertz CT molecular complexity index is 696. The zero-order valence-electron chi connectivity index (χ0n) is 13.5. The lowest BCUT2D eigenvalue weighted by Gasteiger charge is -2.27. The average Bonchev–Trinajstić information content (AvgIpc) is 3.08. The molecule has 1 aliphatic heterocycles. The van der Waals surface area contributed by atoms with Crippen LogP contribution in [0.3, 0.4) is 0 Å². The van der Waals surface area contributed by atoms with E-state index in [-0.39, 0.29) is 12.2 Å². The maximum Gasteiger partial charge on any atom is 0.231 e. The van der Waals surface area contributed by atoms with Gasteiger partial charge in [-0.05, 0) is 42.0 Å². The minimum Gasteiger partial charge on any atom is -0.497 e. The van der Waals surface area contributed by atoms with Crippen LogP contribution in [0.1, 0.15) is 12.5 Å². The van der Waals surface area contributed by atoms with Crippen molar-refractivity contribution in [3.8, 4) is 17.2 Å². The maximum absolute atomic E-state index is 5.48. The number of ether oxygens (including phenoxy) is 3. The fourth-order valence-electron chi connectivity index (χ4n) is 2.54. The Kier molecular flexibility index (Phi) is 4.15. The van der Waals surface area contributed by atoms with E-state index in [1.807, 2.05) is 42.5 Å². The normalized spacial score (nSPS) is 14.9. The Balaban J connectivity index is 1.76. The Labute approximate surface area is 136 Å². The van der Waals surface area contributed by atoms with Gasteiger partial charge in [0.1, 0.15) is 5.75 Å². The van der Waals surface area contributed by atoms with Gasteiger partial charge in [0.2, 0.25) is 6.79 Å². The molecule has 3 rings (SSSR count). The first-order chi connectivity index (χ1) is 11.1. The van der Waals surface area contributed by atoms with Gasteiger partial charge >= 0.3 is 0 Å². The second-order valence-electron chi connectivity index (χ2n) is 5.77. The predicted molar refractivity (Wildman–Crippen MR) is 91.6 cm³/mol. The van der Waals surface area contributed by atoms with Gasteiger partial charge in [-0.1, -0.05) is 19.1 Å². The van der Waals surface area contributed by atoms with Gasteiger partial charge < -0.3 is 19.5 Å². The first-order valence-electron chi connectivity index (χ1n) is 7.56. The van der Waals surface area contributed by atoms with Crippen molar-refractivity contribution in [3.63, 3.8) is 0 Å². The van der Waals surface area contributed by atoms with Crippen LogP contribution >= 0.6 is 0 Å². The molecule has 4 heteroatoms. The van der Waals surface area contributed by atoms with Crippen molar-refractivity contribution in [2.45, 2.75) is 12.3 Å². The van der Waals surface area contributed by atoms with E-state index in [0.717, 1.165) is 35.0 Å². The number of anilines is 1. The molecule has 0 saturated carbocycles. The lowest BCUT2D eigenvalue weighted by molar-refractivity contribution is 0.174. The van der Waals surface area contributed by atoms with Crippen molar-refractivity contribution in [2.24, 2.45) is 0 Å². The summed E-state index contributed by atoms with van der Waals surface area (Å²) in [5, 5.41) is 3.45. The van der Waals surface area contributed by atoms with Crippen LogP contribution in [0, 0.1) is 0 Å². The summed E-state index contributed by atoms with van der Waals surface area (Å²) in [5.74, 6) is 2.43. The van der Waals surface area contributed by atoms with E-state index < -0.39 is 0 Å². The molecule has 1 heterocycles. The van der Waals surface area contributed by atoms with Gasteiger partial charge in [-0.15, -0.1) is 6.58 Å². The summed E-state index contributed by atoms with van der Waals surface area (Å²) in [6.45, 7) is 7.17. The summed E-state index contributed by atoms with van der Waals surface area (Å²) in [6.07, 6.45) is 1.96. The largest absolute Gasteiger partial charge is 0.497 e. The molecular weight excluding hydrogens is 290 g/mol. The molecule has 1 aliphatic rings. The number of benzene rings is 2. The molecule has 120 valence electrons. The first-order valence-corrected chi connectivity index (χ1v) is 7.56. The van der Waals surface area contributed by atoms with Crippen molar-refractivity contribution in [1.82, 2.24) is 0 Å². The summed E-state index contributed by atoms with van der Waals surface area (Å²) >= 11 is 0. The van der Waals surface area contributed by atoms with Gasteiger partial charge in [0, 0.05) is 17.6 Å². The van der Waals surface area contributed by atoms with Gasteiger partial charge in [-0.25, -0.2) is 0 Å². The molecule has 0 fully saturated rings. The van der Waals surface area contributed by atoms with Crippen molar-refractivity contribution in [1.29, 1.82) is 0 Å². The zero-order chi connectivity index (χ0) is 16.3. The number of hydrogen-bond acceptors (Lipinski definition) is 4. The van der Waals surface area contributed by atoms with E-state index in [0.29, 0.717) is 0 Å². The number of fused-ring (bicyclic) bond motifs is 1. The molecule has 0 amide bonds. The topological polar surface area (TPSA) is 39.7 Å². The van der Waals surface area contributed by atoms with E-state index in [1.165, 1.54) is 0 Å². The van der Waals surface area contributed by atoms with Gasteiger partial charge in [0.05, 0.1) is 7.11 Å². The van der Waals surface area contributed by atoms with Gasteiger partial charge in [-0.3, -0.25) is 0 Å². The molecule has 0 spiro atoms. The van der Waals surface area contributed by atoms with Crippen LogP contribution in [0.15, 0.2) is 55.1 Å². The van der Waals surface area contributed by atoms with Crippen LogP contribution in [0.2, 0.25) is 0 Å². The second-order valence-corrected chi connectivity index (χ2v) is 5.77. The summed E-state index contributed by atoms with van der Waals surface area (Å²) in [6, 6.07) is 13.9. The fraction of sp³-hybridized carbons (Fsp3) is 0.263. The molecule has 1 unspecified atom stereocenters. The van der Waals surface area contributed by atoms with E-state index in [4.69, 9.17) is 14.2 Å². The number of hydrogen-bond donors (Lipinski definition) is 1. The molecule has 0 aliphatic carbocycles. The second kappa shape index (κ2) is 6.24. The van der Waals surface area contributed by atoms with Crippen molar-refractivity contribution in [2.75, 3.05) is 25.8 Å². The van der Waals surface area contributed by atoms with Gasteiger partial charge in [-0.2, -0.15) is 0 Å². The highest BCUT2D eigenvalue weighted by Crippen LogP contribution is 2.37. The third kappa shape index (κ3) is 3.11. The van der Waals surface area contributed by atoms with Gasteiger partial charge in [0.15, 0.2) is 11.5 Å². The average molecular weight is 311 g/mol. The SMILES string of the molecule is C=CC(C)(CNc1ccc(OC)cc1)c1ccc2c(c1)OCO2. The summed E-state index contributed by atoms with van der Waals surface area (Å²) in [4.78, 5) is 0. The Morgan fingerprint density at radius 2 is 1.91 bits per heavy atom. The summed E-state index contributed by atoms with van der Waals surface area (Å²) in [7, 11) is 1.66. The number of rotatable bonds is 6. The molecular formula is C19H21NO3. The molecule has 23 heavy (non-hydrogen) atoms. The highest BCUT2D eigenvalue weighted by atomic mass is 16.7. The predicted octanol–water partition coefficient (Wildman–Crippen LogP) is 3.98. The van der Waals surface area contributed by atoms with E-state index in [1.54, 1.807) is 7.11 Å². The van der Waals surface area contributed by atoms with E-state index in [2.05, 4.69) is 24.9 Å². The molecule has 0 radical (unpaired) electrons. The van der Waals surface area contributed by atoms with Crippen LogP contribution < -0.4 is 19.5 Å².